The second kappa shape index (κ2) is 11.1. The topological polar surface area (TPSA) is 145 Å². The molecule has 1 saturated heterocycles. The number of benzene rings is 2. The van der Waals surface area contributed by atoms with Crippen LogP contribution in [-0.4, -0.2) is 82.3 Å². The lowest BCUT2D eigenvalue weighted by Crippen LogP contribution is -2.50. The number of nitrogens with zero attached hydrogens (tertiary/aromatic N) is 10. The zero-order valence-electron chi connectivity index (χ0n) is 22.4. The fourth-order valence-electron chi connectivity index (χ4n) is 5.10. The minimum Gasteiger partial charge on any atom is -0.436 e. The fourth-order valence-corrected chi connectivity index (χ4v) is 5.10. The Morgan fingerprint density at radius 3 is 2.47 bits per heavy atom. The molecular formula is C28H22F2N10O3. The Morgan fingerprint density at radius 1 is 0.907 bits per heavy atom. The number of oxazole rings is 1. The van der Waals surface area contributed by atoms with E-state index in [-0.39, 0.29) is 17.4 Å². The maximum atomic E-state index is 13.5. The van der Waals surface area contributed by atoms with Gasteiger partial charge in [0.15, 0.2) is 11.4 Å². The van der Waals surface area contributed by atoms with E-state index < -0.39 is 12.6 Å². The maximum absolute atomic E-state index is 13.5. The molecule has 1 amide bonds. The predicted molar refractivity (Wildman–Crippen MR) is 145 cm³/mol. The van der Waals surface area contributed by atoms with Crippen molar-refractivity contribution in [2.75, 3.05) is 26.2 Å². The van der Waals surface area contributed by atoms with E-state index in [1.165, 1.54) is 6.39 Å². The summed E-state index contributed by atoms with van der Waals surface area (Å²) in [6, 6.07) is 17.6. The van der Waals surface area contributed by atoms with Gasteiger partial charge in [0.1, 0.15) is 11.2 Å². The minimum absolute atomic E-state index is 0.170. The van der Waals surface area contributed by atoms with Crippen molar-refractivity contribution in [3.8, 4) is 22.9 Å². The van der Waals surface area contributed by atoms with Gasteiger partial charge in [0.25, 0.3) is 5.91 Å². The molecule has 2 aromatic carbocycles. The lowest BCUT2D eigenvalue weighted by atomic mass is 10.0. The van der Waals surface area contributed by atoms with Crippen molar-refractivity contribution in [1.82, 2.24) is 50.2 Å². The molecular weight excluding hydrogens is 562 g/mol. The molecule has 0 bridgehead atoms. The van der Waals surface area contributed by atoms with E-state index in [9.17, 15) is 13.6 Å². The van der Waals surface area contributed by atoms with Gasteiger partial charge in [-0.2, -0.15) is 8.78 Å². The van der Waals surface area contributed by atoms with Crippen LogP contribution >= 0.6 is 0 Å². The van der Waals surface area contributed by atoms with Crippen LogP contribution in [0.4, 0.5) is 8.78 Å². The van der Waals surface area contributed by atoms with Crippen molar-refractivity contribution in [2.45, 2.75) is 12.6 Å². The summed E-state index contributed by atoms with van der Waals surface area (Å²) in [5.74, 6) is 0.640. The zero-order valence-corrected chi connectivity index (χ0v) is 22.4. The van der Waals surface area contributed by atoms with Crippen LogP contribution in [0.3, 0.4) is 0 Å². The third kappa shape index (κ3) is 5.21. The summed E-state index contributed by atoms with van der Waals surface area (Å²) in [7, 11) is 0. The molecule has 15 heteroatoms. The highest BCUT2D eigenvalue weighted by Gasteiger charge is 2.32. The largest absolute Gasteiger partial charge is 0.436 e. The molecule has 1 fully saturated rings. The van der Waals surface area contributed by atoms with Gasteiger partial charge in [-0.3, -0.25) is 14.7 Å². The van der Waals surface area contributed by atoms with Crippen LogP contribution in [0.15, 0.2) is 82.1 Å². The molecule has 43 heavy (non-hydrogen) atoms. The fraction of sp³-hybridized carbons (Fsp3) is 0.214. The van der Waals surface area contributed by atoms with Crippen LogP contribution in [0.5, 0.6) is 0 Å². The molecule has 6 aromatic rings. The van der Waals surface area contributed by atoms with Gasteiger partial charge in [0, 0.05) is 43.5 Å². The summed E-state index contributed by atoms with van der Waals surface area (Å²) in [5, 5.41) is 19.0. The lowest BCUT2D eigenvalue weighted by molar-refractivity contribution is 0.0385. The van der Waals surface area contributed by atoms with Crippen LogP contribution in [0.25, 0.3) is 34.0 Å². The molecule has 216 valence electrons. The highest BCUT2D eigenvalue weighted by Crippen LogP contribution is 2.30. The molecule has 1 aliphatic heterocycles. The van der Waals surface area contributed by atoms with Gasteiger partial charge in [-0.05, 0) is 41.1 Å². The Hall–Kier alpha value is -5.44. The van der Waals surface area contributed by atoms with E-state index in [4.69, 9.17) is 8.83 Å². The highest BCUT2D eigenvalue weighted by molar-refractivity contribution is 5.93. The van der Waals surface area contributed by atoms with E-state index in [1.807, 2.05) is 30.3 Å². The quantitative estimate of drug-likeness (QED) is 0.270. The van der Waals surface area contributed by atoms with Gasteiger partial charge in [-0.1, -0.05) is 35.1 Å². The average Bonchev–Trinajstić information content (AvgIpc) is 3.83. The predicted octanol–water partition coefficient (Wildman–Crippen LogP) is 3.87. The number of fused-ring (bicyclic) bond motifs is 1. The van der Waals surface area contributed by atoms with Gasteiger partial charge in [0.2, 0.25) is 18.2 Å². The van der Waals surface area contributed by atoms with Crippen molar-refractivity contribution in [1.29, 1.82) is 0 Å². The van der Waals surface area contributed by atoms with Crippen molar-refractivity contribution >= 4 is 17.0 Å². The number of pyridine rings is 1. The third-order valence-electron chi connectivity index (χ3n) is 7.17. The van der Waals surface area contributed by atoms with E-state index in [0.717, 1.165) is 5.56 Å². The number of amides is 1. The summed E-state index contributed by atoms with van der Waals surface area (Å²) in [6.07, 6.45) is 2.80. The summed E-state index contributed by atoms with van der Waals surface area (Å²) in [4.78, 5) is 26.4. The van der Waals surface area contributed by atoms with Crippen molar-refractivity contribution < 1.29 is 22.4 Å². The minimum atomic E-state index is -2.89. The molecule has 0 spiro atoms. The van der Waals surface area contributed by atoms with E-state index >= 15 is 0 Å². The SMILES string of the molecule is O=C(c1cc(-c2nc3cc(-c4nnco4)ccc3o2)ccn1)N1CCN([C@H](c2ccccc2)c2nnn(C(F)F)n2)CC1. The second-order valence-electron chi connectivity index (χ2n) is 9.76. The molecule has 0 unspecified atom stereocenters. The number of hydrogen-bond donors (Lipinski definition) is 0. The van der Waals surface area contributed by atoms with Crippen LogP contribution < -0.4 is 0 Å². The van der Waals surface area contributed by atoms with Crippen LogP contribution in [0, 0.1) is 0 Å². The molecule has 1 aliphatic rings. The molecule has 0 saturated carbocycles. The van der Waals surface area contributed by atoms with Gasteiger partial charge >= 0.3 is 6.55 Å². The number of aromatic nitrogens is 8. The normalized spacial score (nSPS) is 14.9. The van der Waals surface area contributed by atoms with Crippen molar-refractivity contribution in [3.63, 3.8) is 0 Å². The Labute approximate surface area is 241 Å². The van der Waals surface area contributed by atoms with Gasteiger partial charge < -0.3 is 13.7 Å². The molecule has 7 rings (SSSR count). The smallest absolute Gasteiger partial charge is 0.350 e. The summed E-state index contributed by atoms with van der Waals surface area (Å²) < 4.78 is 37.5. The van der Waals surface area contributed by atoms with E-state index in [0.29, 0.717) is 65.0 Å². The Morgan fingerprint density at radius 2 is 1.72 bits per heavy atom. The Bertz CT molecular complexity index is 1870. The molecule has 13 nitrogen and oxygen atoms in total. The Balaban J connectivity index is 1.08. The monoisotopic (exact) mass is 584 g/mol. The van der Waals surface area contributed by atoms with Gasteiger partial charge in [-0.15, -0.1) is 20.4 Å². The summed E-state index contributed by atoms with van der Waals surface area (Å²) in [6.45, 7) is -1.19. The van der Waals surface area contributed by atoms with E-state index in [2.05, 4.69) is 40.5 Å². The highest BCUT2D eigenvalue weighted by atomic mass is 19.3. The molecule has 0 N–H and O–H groups in total. The van der Waals surface area contributed by atoms with Crippen molar-refractivity contribution in [2.24, 2.45) is 0 Å². The van der Waals surface area contributed by atoms with Gasteiger partial charge in [0.05, 0.1) is 6.04 Å². The first-order valence-corrected chi connectivity index (χ1v) is 13.3. The first kappa shape index (κ1) is 26.5. The number of rotatable bonds is 7. The summed E-state index contributed by atoms with van der Waals surface area (Å²) >= 11 is 0. The van der Waals surface area contributed by atoms with Crippen LogP contribution in [0.1, 0.15) is 34.5 Å². The Kier molecular flexibility index (Phi) is 6.82. The number of hydrogen-bond acceptors (Lipinski definition) is 11. The standard InChI is InChI=1S/C28H22F2N10O3/c29-28(30)40-36-24(34-37-40)23(17-4-2-1-3-5-17)38-10-12-39(13-11-38)27(41)21-15-19(8-9-31-21)25-33-20-14-18(6-7-22(20)43-25)26-35-32-16-42-26/h1-9,14-16,23,28H,10-13H2/t23-/m1/s1. The third-order valence-corrected chi connectivity index (χ3v) is 7.17. The first-order chi connectivity index (χ1) is 21.0. The number of halogens is 2. The number of carbonyl (C=O) groups is 1. The molecule has 4 aromatic heterocycles. The number of piperazine rings is 1. The molecule has 0 radical (unpaired) electrons. The second-order valence-corrected chi connectivity index (χ2v) is 9.76. The average molecular weight is 585 g/mol. The first-order valence-electron chi connectivity index (χ1n) is 13.3. The number of carbonyl (C=O) groups excluding carboxylic acids is 1. The number of tetrazole rings is 1. The molecule has 0 aliphatic carbocycles. The summed E-state index contributed by atoms with van der Waals surface area (Å²) in [5.41, 5.74) is 3.56. The van der Waals surface area contributed by atoms with Crippen LogP contribution in [0.2, 0.25) is 0 Å². The van der Waals surface area contributed by atoms with E-state index in [1.54, 1.807) is 41.4 Å². The van der Waals surface area contributed by atoms with Crippen LogP contribution in [-0.2, 0) is 0 Å². The zero-order chi connectivity index (χ0) is 29.3. The van der Waals surface area contributed by atoms with Gasteiger partial charge in [-0.25, -0.2) is 4.98 Å². The molecule has 5 heterocycles. The number of alkyl halides is 2. The van der Waals surface area contributed by atoms with Crippen molar-refractivity contribution in [3.05, 3.63) is 90.3 Å². The molecule has 1 atom stereocenters. The maximum Gasteiger partial charge on any atom is 0.350 e. The lowest BCUT2D eigenvalue weighted by Gasteiger charge is -2.38.